The zero-order valence-electron chi connectivity index (χ0n) is 17.1. The average Bonchev–Trinajstić information content (AvgIpc) is 2.75. The zero-order valence-corrected chi connectivity index (χ0v) is 17.1. The summed E-state index contributed by atoms with van der Waals surface area (Å²) in [5.74, 6) is -5.39. The molecule has 2 amide bonds. The lowest BCUT2D eigenvalue weighted by molar-refractivity contribution is -0.0652. The first kappa shape index (κ1) is 21.5. The number of halogens is 3. The third-order valence-electron chi connectivity index (χ3n) is 5.50. The van der Waals surface area contributed by atoms with Gasteiger partial charge in [0.15, 0.2) is 0 Å². The number of aromatic nitrogens is 2. The van der Waals surface area contributed by atoms with Crippen LogP contribution in [0.3, 0.4) is 0 Å². The van der Waals surface area contributed by atoms with Gasteiger partial charge < -0.3 is 16.0 Å². The molecule has 3 heterocycles. The minimum atomic E-state index is -2.82. The number of nitrogens with zero attached hydrogens (tertiary/aromatic N) is 3. The number of nitrogens with two attached hydrogens (primary N) is 1. The molecule has 1 fully saturated rings. The number of hydrogen-bond acceptors (Lipinski definition) is 5. The van der Waals surface area contributed by atoms with Gasteiger partial charge in [0.2, 0.25) is 0 Å². The molecule has 1 aliphatic heterocycles. The molecule has 1 atom stereocenters. The Labute approximate surface area is 181 Å². The Hall–Kier alpha value is -3.69. The van der Waals surface area contributed by atoms with Crippen molar-refractivity contribution >= 4 is 34.2 Å². The van der Waals surface area contributed by atoms with E-state index in [-0.39, 0.29) is 42.3 Å². The number of benzene rings is 1. The van der Waals surface area contributed by atoms with Crippen molar-refractivity contribution in [2.75, 3.05) is 23.3 Å². The lowest BCUT2D eigenvalue weighted by Crippen LogP contribution is -2.46. The van der Waals surface area contributed by atoms with Crippen molar-refractivity contribution in [3.8, 4) is 0 Å². The zero-order chi connectivity index (χ0) is 23.0. The van der Waals surface area contributed by atoms with E-state index in [0.29, 0.717) is 10.9 Å². The predicted octanol–water partition coefficient (Wildman–Crippen LogP) is 3.60. The summed E-state index contributed by atoms with van der Waals surface area (Å²) in [6.45, 7) is 1.42. The van der Waals surface area contributed by atoms with Crippen LogP contribution in [0.4, 0.5) is 24.7 Å². The number of primary amides is 1. The minimum absolute atomic E-state index is 0.00742. The summed E-state index contributed by atoms with van der Waals surface area (Å²) < 4.78 is 41.8. The first-order valence-corrected chi connectivity index (χ1v) is 9.94. The molecule has 1 saturated heterocycles. The highest BCUT2D eigenvalue weighted by Gasteiger charge is 2.42. The summed E-state index contributed by atoms with van der Waals surface area (Å²) in [6.07, 6.45) is 0.941. The molecule has 0 saturated carbocycles. The van der Waals surface area contributed by atoms with Gasteiger partial charge in [-0.3, -0.25) is 14.6 Å². The van der Waals surface area contributed by atoms with Crippen LogP contribution in [0.1, 0.15) is 34.2 Å². The molecular formula is C22H20F3N5O2. The van der Waals surface area contributed by atoms with Crippen molar-refractivity contribution in [1.29, 1.82) is 0 Å². The summed E-state index contributed by atoms with van der Waals surface area (Å²) >= 11 is 0. The fraction of sp³-hybridized carbons (Fsp3) is 0.273. The number of nitrogens with one attached hydrogen (secondary N) is 1. The van der Waals surface area contributed by atoms with Crippen LogP contribution in [-0.2, 0) is 0 Å². The van der Waals surface area contributed by atoms with Gasteiger partial charge >= 0.3 is 0 Å². The molecule has 2 aromatic heterocycles. The number of amides is 2. The molecule has 10 heteroatoms. The maximum atomic E-state index is 14.0. The number of carbonyl (C=O) groups excluding carboxylic acids is 2. The van der Waals surface area contributed by atoms with E-state index in [1.54, 1.807) is 11.0 Å². The van der Waals surface area contributed by atoms with E-state index in [2.05, 4.69) is 15.3 Å². The maximum absolute atomic E-state index is 14.0. The minimum Gasteiger partial charge on any atom is -0.364 e. The summed E-state index contributed by atoms with van der Waals surface area (Å²) in [5.41, 5.74) is 5.93. The van der Waals surface area contributed by atoms with Gasteiger partial charge in [-0.15, -0.1) is 0 Å². The molecular weight excluding hydrogens is 423 g/mol. The van der Waals surface area contributed by atoms with E-state index >= 15 is 0 Å². The topological polar surface area (TPSA) is 101 Å². The molecule has 166 valence electrons. The van der Waals surface area contributed by atoms with E-state index < -0.39 is 29.5 Å². The van der Waals surface area contributed by atoms with E-state index in [4.69, 9.17) is 5.73 Å². The lowest BCUT2D eigenvalue weighted by Gasteiger charge is -2.38. The Kier molecular flexibility index (Phi) is 5.45. The molecule has 0 radical (unpaired) electrons. The van der Waals surface area contributed by atoms with Gasteiger partial charge in [-0.1, -0.05) is 6.92 Å². The number of anilines is 2. The fourth-order valence-electron chi connectivity index (χ4n) is 3.66. The number of alkyl halides is 2. The second-order valence-electron chi connectivity index (χ2n) is 7.80. The molecule has 0 bridgehead atoms. The Bertz CT molecular complexity index is 1220. The second-order valence-corrected chi connectivity index (χ2v) is 7.80. The summed E-state index contributed by atoms with van der Waals surface area (Å²) in [6, 6.07) is 8.31. The van der Waals surface area contributed by atoms with Gasteiger partial charge in [-0.2, -0.15) is 0 Å². The van der Waals surface area contributed by atoms with Gasteiger partial charge in [-0.25, -0.2) is 18.2 Å². The molecule has 0 unspecified atom stereocenters. The van der Waals surface area contributed by atoms with E-state index in [9.17, 15) is 22.8 Å². The summed E-state index contributed by atoms with van der Waals surface area (Å²) in [5, 5.41) is 3.18. The highest BCUT2D eigenvalue weighted by atomic mass is 19.3. The normalized spacial score (nSPS) is 17.9. The maximum Gasteiger partial charge on any atom is 0.267 e. The van der Waals surface area contributed by atoms with E-state index in [1.807, 2.05) is 0 Å². The number of rotatable bonds is 4. The van der Waals surface area contributed by atoms with Gasteiger partial charge in [0, 0.05) is 48.8 Å². The molecule has 0 spiro atoms. The first-order valence-electron chi connectivity index (χ1n) is 9.94. The molecule has 0 aliphatic carbocycles. The third kappa shape index (κ3) is 4.20. The van der Waals surface area contributed by atoms with Crippen LogP contribution >= 0.6 is 0 Å². The number of fused-ring (bicyclic) bond motifs is 1. The van der Waals surface area contributed by atoms with Gasteiger partial charge in [0.05, 0.1) is 11.1 Å². The Balaban J connectivity index is 1.74. The quantitative estimate of drug-likeness (QED) is 0.642. The van der Waals surface area contributed by atoms with Gasteiger partial charge in [-0.05, 0) is 30.3 Å². The molecule has 1 aliphatic rings. The van der Waals surface area contributed by atoms with E-state index in [0.717, 1.165) is 0 Å². The molecule has 32 heavy (non-hydrogen) atoms. The SMILES string of the molecule is C[C@H]1CN(c2nc3cc(F)ccc3cc2C(=O)Nc2ccnc(C(N)=O)c2)CCC1(F)F. The standard InChI is InChI=1S/C22H20F3N5O2/c1-12-11-30(7-5-22(12,24)25)20-16(8-13-2-3-14(23)9-17(13)29-20)21(32)28-15-4-6-27-18(10-15)19(26)31/h2-4,6,8-10,12H,5,7,11H2,1H3,(H2,26,31)(H,27,28,32)/t12-/m0/s1. The van der Waals surface area contributed by atoms with Crippen molar-refractivity contribution in [1.82, 2.24) is 9.97 Å². The van der Waals surface area contributed by atoms with Gasteiger partial charge in [0.1, 0.15) is 17.3 Å². The Morgan fingerprint density at radius 1 is 1.22 bits per heavy atom. The van der Waals surface area contributed by atoms with E-state index in [1.165, 1.54) is 43.5 Å². The third-order valence-corrected chi connectivity index (χ3v) is 5.50. The molecule has 4 rings (SSSR count). The smallest absolute Gasteiger partial charge is 0.267 e. The van der Waals surface area contributed by atoms with Crippen LogP contribution in [0.15, 0.2) is 42.6 Å². The first-order chi connectivity index (χ1) is 15.1. The van der Waals surface area contributed by atoms with Crippen LogP contribution in [0.2, 0.25) is 0 Å². The molecule has 3 N–H and O–H groups in total. The predicted molar refractivity (Wildman–Crippen MR) is 113 cm³/mol. The highest BCUT2D eigenvalue weighted by Crippen LogP contribution is 2.36. The van der Waals surface area contributed by atoms with Crippen molar-refractivity contribution in [3.05, 3.63) is 59.7 Å². The molecule has 7 nitrogen and oxygen atoms in total. The fourth-order valence-corrected chi connectivity index (χ4v) is 3.66. The molecule has 1 aromatic carbocycles. The Morgan fingerprint density at radius 3 is 2.72 bits per heavy atom. The van der Waals surface area contributed by atoms with Crippen molar-refractivity contribution < 1.29 is 22.8 Å². The average molecular weight is 443 g/mol. The second kappa shape index (κ2) is 8.10. The van der Waals surface area contributed by atoms with Crippen LogP contribution in [-0.4, -0.2) is 40.8 Å². The Morgan fingerprint density at radius 2 is 2.00 bits per heavy atom. The lowest BCUT2D eigenvalue weighted by atomic mass is 9.95. The molecule has 3 aromatic rings. The summed E-state index contributed by atoms with van der Waals surface area (Å²) in [7, 11) is 0. The number of piperidine rings is 1. The van der Waals surface area contributed by atoms with Crippen LogP contribution < -0.4 is 16.0 Å². The van der Waals surface area contributed by atoms with Crippen molar-refractivity contribution in [2.24, 2.45) is 11.7 Å². The number of pyridine rings is 2. The summed E-state index contributed by atoms with van der Waals surface area (Å²) in [4.78, 5) is 34.4. The van der Waals surface area contributed by atoms with Crippen LogP contribution in [0, 0.1) is 11.7 Å². The van der Waals surface area contributed by atoms with Crippen molar-refractivity contribution in [2.45, 2.75) is 19.3 Å². The van der Waals surface area contributed by atoms with Crippen LogP contribution in [0.25, 0.3) is 10.9 Å². The number of carbonyl (C=O) groups is 2. The van der Waals surface area contributed by atoms with Crippen LogP contribution in [0.5, 0.6) is 0 Å². The highest BCUT2D eigenvalue weighted by molar-refractivity contribution is 6.10. The number of hydrogen-bond donors (Lipinski definition) is 2. The van der Waals surface area contributed by atoms with Crippen molar-refractivity contribution in [3.63, 3.8) is 0 Å². The van der Waals surface area contributed by atoms with Gasteiger partial charge in [0.25, 0.3) is 17.7 Å². The monoisotopic (exact) mass is 443 g/mol. The largest absolute Gasteiger partial charge is 0.364 e.